The highest BCUT2D eigenvalue weighted by Crippen LogP contribution is 2.60. The van der Waals surface area contributed by atoms with E-state index < -0.39 is 26.1 Å². The molecular formula is C30H39O4PS3. The summed E-state index contributed by atoms with van der Waals surface area (Å²) in [5.74, 6) is 0. The van der Waals surface area contributed by atoms with Crippen LogP contribution in [0.25, 0.3) is 0 Å². The van der Waals surface area contributed by atoms with Gasteiger partial charge in [-0.25, -0.2) is 4.57 Å². The number of hydrogen-bond donors (Lipinski definition) is 0. The minimum atomic E-state index is -4.01. The molecule has 0 aromatic heterocycles. The van der Waals surface area contributed by atoms with E-state index in [0.717, 1.165) is 16.7 Å². The highest BCUT2D eigenvalue weighted by Gasteiger charge is 2.37. The molecule has 0 heterocycles. The molecule has 206 valence electrons. The zero-order valence-corrected chi connectivity index (χ0v) is 26.4. The molecule has 38 heavy (non-hydrogen) atoms. The van der Waals surface area contributed by atoms with E-state index in [1.165, 1.54) is 14.7 Å². The van der Waals surface area contributed by atoms with Crippen molar-refractivity contribution in [2.45, 2.75) is 73.0 Å². The van der Waals surface area contributed by atoms with E-state index in [2.05, 4.69) is 36.4 Å². The molecule has 3 atom stereocenters. The summed E-state index contributed by atoms with van der Waals surface area (Å²) in [6, 6.07) is 24.5. The van der Waals surface area contributed by atoms with Crippen LogP contribution in [0.4, 0.5) is 0 Å². The normalized spacial score (nSPS) is 15.5. The van der Waals surface area contributed by atoms with Crippen LogP contribution >= 0.6 is 43.1 Å². The van der Waals surface area contributed by atoms with Crippen LogP contribution in [0.15, 0.2) is 87.5 Å². The molecule has 0 saturated heterocycles. The van der Waals surface area contributed by atoms with Crippen molar-refractivity contribution in [1.29, 1.82) is 0 Å². The fourth-order valence-corrected chi connectivity index (χ4v) is 7.23. The molecule has 0 bridgehead atoms. The quantitative estimate of drug-likeness (QED) is 0.129. The predicted molar refractivity (Wildman–Crippen MR) is 165 cm³/mol. The Kier molecular flexibility index (Phi) is 12.8. The first-order valence-electron chi connectivity index (χ1n) is 13.0. The van der Waals surface area contributed by atoms with Crippen molar-refractivity contribution in [2.24, 2.45) is 0 Å². The molecule has 4 nitrogen and oxygen atoms in total. The molecule has 0 radical (unpaired) electrons. The topological polar surface area (TPSA) is 44.8 Å². The third kappa shape index (κ3) is 8.66. The Morgan fingerprint density at radius 1 is 0.526 bits per heavy atom. The van der Waals surface area contributed by atoms with Crippen molar-refractivity contribution in [3.8, 4) is 0 Å². The van der Waals surface area contributed by atoms with E-state index in [0.29, 0.717) is 19.3 Å². The van der Waals surface area contributed by atoms with E-state index in [4.69, 9.17) is 13.6 Å². The summed E-state index contributed by atoms with van der Waals surface area (Å²) in [7, 11) is -4.01. The molecule has 8 heteroatoms. The van der Waals surface area contributed by atoms with Crippen molar-refractivity contribution in [3.05, 3.63) is 89.5 Å². The van der Waals surface area contributed by atoms with Crippen LogP contribution in [0.3, 0.4) is 0 Å². The zero-order chi connectivity index (χ0) is 27.5. The lowest BCUT2D eigenvalue weighted by Gasteiger charge is -2.30. The number of rotatable bonds is 15. The fraction of sp³-hybridized carbons (Fsp3) is 0.400. The van der Waals surface area contributed by atoms with E-state index >= 15 is 0 Å². The van der Waals surface area contributed by atoms with Crippen molar-refractivity contribution >= 4 is 43.1 Å². The maximum Gasteiger partial charge on any atom is 0.476 e. The second-order valence-electron chi connectivity index (χ2n) is 8.77. The second-order valence-corrected chi connectivity index (χ2v) is 12.9. The monoisotopic (exact) mass is 590 g/mol. The highest BCUT2D eigenvalue weighted by molar-refractivity contribution is 7.99. The van der Waals surface area contributed by atoms with Gasteiger partial charge in [-0.1, -0.05) is 57.2 Å². The van der Waals surface area contributed by atoms with Gasteiger partial charge in [0.25, 0.3) is 0 Å². The lowest BCUT2D eigenvalue weighted by atomic mass is 10.1. The Labute approximate surface area is 241 Å². The molecule has 0 aliphatic rings. The third-order valence-electron chi connectivity index (χ3n) is 6.34. The van der Waals surface area contributed by atoms with Gasteiger partial charge in [-0.15, -0.1) is 35.3 Å². The first-order valence-corrected chi connectivity index (χ1v) is 18.1. The minimum absolute atomic E-state index is 0.426. The van der Waals surface area contributed by atoms with Gasteiger partial charge in [0.05, 0.1) is 18.3 Å². The van der Waals surface area contributed by atoms with Crippen LogP contribution in [0.2, 0.25) is 0 Å². The average Bonchev–Trinajstić information content (AvgIpc) is 2.98. The molecule has 3 unspecified atom stereocenters. The minimum Gasteiger partial charge on any atom is -0.279 e. The molecule has 0 fully saturated rings. The van der Waals surface area contributed by atoms with Gasteiger partial charge in [0, 0.05) is 14.7 Å². The largest absolute Gasteiger partial charge is 0.476 e. The maximum absolute atomic E-state index is 14.5. The van der Waals surface area contributed by atoms with Crippen LogP contribution < -0.4 is 0 Å². The van der Waals surface area contributed by atoms with Gasteiger partial charge in [-0.3, -0.25) is 13.6 Å². The molecule has 3 aromatic rings. The summed E-state index contributed by atoms with van der Waals surface area (Å²) in [4.78, 5) is 3.50. The number of phosphoric acid groups is 1. The fourth-order valence-electron chi connectivity index (χ4n) is 4.11. The number of thioether (sulfide) groups is 3. The molecule has 0 saturated carbocycles. The molecule has 3 rings (SSSR count). The first-order chi connectivity index (χ1) is 18.4. The number of phosphoric ester groups is 1. The molecule has 0 aliphatic carbocycles. The average molecular weight is 591 g/mol. The van der Waals surface area contributed by atoms with Crippen LogP contribution in [0.1, 0.15) is 75.0 Å². The molecule has 0 aliphatic heterocycles. The Morgan fingerprint density at radius 2 is 0.763 bits per heavy atom. The number of benzene rings is 3. The summed E-state index contributed by atoms with van der Waals surface area (Å²) in [6.45, 7) is 6.07. The van der Waals surface area contributed by atoms with Gasteiger partial charge < -0.3 is 0 Å². The molecular weight excluding hydrogens is 552 g/mol. The predicted octanol–water partition coefficient (Wildman–Crippen LogP) is 10.8. The number of hydrogen-bond acceptors (Lipinski definition) is 7. The Bertz CT molecular complexity index is 1010. The van der Waals surface area contributed by atoms with Gasteiger partial charge in [0.2, 0.25) is 0 Å². The van der Waals surface area contributed by atoms with Crippen LogP contribution in [-0.4, -0.2) is 18.8 Å². The van der Waals surface area contributed by atoms with Crippen molar-refractivity contribution in [1.82, 2.24) is 0 Å². The van der Waals surface area contributed by atoms with E-state index in [-0.39, 0.29) is 0 Å². The summed E-state index contributed by atoms with van der Waals surface area (Å²) < 4.78 is 33.6. The molecule has 3 aromatic carbocycles. The van der Waals surface area contributed by atoms with E-state index in [1.54, 1.807) is 35.3 Å². The Balaban J connectivity index is 1.94. The van der Waals surface area contributed by atoms with Gasteiger partial charge in [0.15, 0.2) is 0 Å². The van der Waals surface area contributed by atoms with Gasteiger partial charge in [-0.05, 0) is 91.1 Å². The Hall–Kier alpha value is -1.18. The summed E-state index contributed by atoms with van der Waals surface area (Å²) in [6.07, 6.45) is 6.76. The van der Waals surface area contributed by atoms with Crippen molar-refractivity contribution in [2.75, 3.05) is 18.8 Å². The Morgan fingerprint density at radius 3 is 0.947 bits per heavy atom. The summed E-state index contributed by atoms with van der Waals surface area (Å²) >= 11 is 5.06. The van der Waals surface area contributed by atoms with Gasteiger partial charge in [0.1, 0.15) is 0 Å². The lowest BCUT2D eigenvalue weighted by molar-refractivity contribution is 0.0261. The van der Waals surface area contributed by atoms with Crippen molar-refractivity contribution < 1.29 is 18.1 Å². The second kappa shape index (κ2) is 15.6. The van der Waals surface area contributed by atoms with Gasteiger partial charge in [-0.2, -0.15) is 0 Å². The maximum atomic E-state index is 14.5. The highest BCUT2D eigenvalue weighted by atomic mass is 32.2. The van der Waals surface area contributed by atoms with Crippen LogP contribution in [-0.2, 0) is 18.1 Å². The standard InChI is InChI=1S/C30H39O4PS3/c1-7-28(22-10-16-25(36-4)17-11-22)32-35(31,33-29(8-2)23-12-18-26(37-5)19-13-23)34-30(9-3)24-14-20-27(38-6)21-15-24/h10-21,28-30H,7-9H2,1-6H3. The van der Waals surface area contributed by atoms with Crippen LogP contribution in [0.5, 0.6) is 0 Å². The SMILES string of the molecule is CCC(OP(=O)(OC(CC)c1ccc(SC)cc1)OC(CC)c1ccc(SC)cc1)c1ccc(SC)cc1. The van der Waals surface area contributed by atoms with E-state index in [9.17, 15) is 4.57 Å². The van der Waals surface area contributed by atoms with Gasteiger partial charge >= 0.3 is 7.82 Å². The zero-order valence-electron chi connectivity index (χ0n) is 23.1. The summed E-state index contributed by atoms with van der Waals surface area (Å²) in [5.41, 5.74) is 2.85. The lowest BCUT2D eigenvalue weighted by Crippen LogP contribution is -2.12. The smallest absolute Gasteiger partial charge is 0.279 e. The van der Waals surface area contributed by atoms with Crippen molar-refractivity contribution in [3.63, 3.8) is 0 Å². The summed E-state index contributed by atoms with van der Waals surface area (Å²) in [5, 5.41) is 0. The van der Waals surface area contributed by atoms with Crippen LogP contribution in [0, 0.1) is 0 Å². The molecule has 0 amide bonds. The third-order valence-corrected chi connectivity index (χ3v) is 10.1. The first kappa shape index (κ1) is 31.3. The molecule has 0 spiro atoms. The van der Waals surface area contributed by atoms with E-state index in [1.807, 2.05) is 75.9 Å². The molecule has 0 N–H and O–H groups in total.